The number of fused-ring (bicyclic) bond motifs is 1. The van der Waals surface area contributed by atoms with Gasteiger partial charge in [0.15, 0.2) is 0 Å². The van der Waals surface area contributed by atoms with E-state index in [1.54, 1.807) is 0 Å². The Morgan fingerprint density at radius 1 is 1.15 bits per heavy atom. The van der Waals surface area contributed by atoms with Gasteiger partial charge in [0, 0.05) is 25.1 Å². The fraction of sp³-hybridized carbons (Fsp3) is 0.400. The molecule has 136 valence electrons. The van der Waals surface area contributed by atoms with Crippen LogP contribution in [0, 0.1) is 5.92 Å². The minimum absolute atomic E-state index is 0.0178. The number of hydrogen-bond donors (Lipinski definition) is 1. The van der Waals surface area contributed by atoms with E-state index in [1.165, 1.54) is 11.3 Å². The highest BCUT2D eigenvalue weighted by atomic mass is 32.1. The number of carbonyl (C=O) groups excluding carboxylic acids is 2. The van der Waals surface area contributed by atoms with Crippen LogP contribution in [-0.4, -0.2) is 36.4 Å². The lowest BCUT2D eigenvalue weighted by atomic mass is 9.95. The second kappa shape index (κ2) is 7.50. The zero-order chi connectivity index (χ0) is 17.9. The zero-order valence-corrected chi connectivity index (χ0v) is 15.3. The Balaban J connectivity index is 1.41. The highest BCUT2D eigenvalue weighted by Gasteiger charge is 2.31. The van der Waals surface area contributed by atoms with Crippen molar-refractivity contribution in [3.8, 4) is 5.75 Å². The summed E-state index contributed by atoms with van der Waals surface area (Å²) in [6.07, 6.45) is 2.46. The minimum Gasteiger partial charge on any atom is -0.493 e. The van der Waals surface area contributed by atoms with Crippen molar-refractivity contribution < 1.29 is 14.3 Å². The lowest BCUT2D eigenvalue weighted by molar-refractivity contribution is -0.127. The number of para-hydroxylation sites is 1. The quantitative estimate of drug-likeness (QED) is 0.902. The molecule has 1 N–H and O–H groups in total. The van der Waals surface area contributed by atoms with Crippen LogP contribution in [0.5, 0.6) is 5.75 Å². The number of nitrogens with zero attached hydrogens (tertiary/aromatic N) is 1. The normalized spacial score (nSPS) is 22.2. The number of thiophene rings is 1. The van der Waals surface area contributed by atoms with Crippen LogP contribution < -0.4 is 10.1 Å². The van der Waals surface area contributed by atoms with Gasteiger partial charge in [0.1, 0.15) is 5.75 Å². The Morgan fingerprint density at radius 3 is 2.88 bits per heavy atom. The van der Waals surface area contributed by atoms with E-state index in [9.17, 15) is 9.59 Å². The first kappa shape index (κ1) is 17.1. The lowest BCUT2D eigenvalue weighted by Gasteiger charge is -2.33. The monoisotopic (exact) mass is 370 g/mol. The molecule has 2 aromatic rings. The van der Waals surface area contributed by atoms with Crippen molar-refractivity contribution in [2.45, 2.75) is 25.3 Å². The number of benzene rings is 1. The lowest BCUT2D eigenvalue weighted by Crippen LogP contribution is -2.46. The van der Waals surface area contributed by atoms with Crippen molar-refractivity contribution in [3.05, 3.63) is 52.2 Å². The van der Waals surface area contributed by atoms with Gasteiger partial charge in [-0.15, -0.1) is 11.3 Å². The summed E-state index contributed by atoms with van der Waals surface area (Å²) in [6, 6.07) is 11.6. The van der Waals surface area contributed by atoms with Gasteiger partial charge in [-0.25, -0.2) is 0 Å². The van der Waals surface area contributed by atoms with E-state index in [0.717, 1.165) is 42.0 Å². The molecule has 2 unspecified atom stereocenters. The number of ether oxygens (including phenoxy) is 1. The van der Waals surface area contributed by atoms with Gasteiger partial charge >= 0.3 is 0 Å². The van der Waals surface area contributed by atoms with E-state index in [0.29, 0.717) is 13.2 Å². The summed E-state index contributed by atoms with van der Waals surface area (Å²) >= 11 is 1.45. The summed E-state index contributed by atoms with van der Waals surface area (Å²) in [5, 5.41) is 5.09. The first-order valence-corrected chi connectivity index (χ1v) is 9.95. The summed E-state index contributed by atoms with van der Waals surface area (Å²) in [4.78, 5) is 28.0. The van der Waals surface area contributed by atoms with Crippen LogP contribution in [0.4, 0.5) is 0 Å². The third kappa shape index (κ3) is 3.46. The number of amides is 2. The Hall–Kier alpha value is -2.34. The van der Waals surface area contributed by atoms with Crippen LogP contribution in [0.25, 0.3) is 0 Å². The van der Waals surface area contributed by atoms with Crippen LogP contribution in [0.3, 0.4) is 0 Å². The molecule has 1 aromatic heterocycles. The maximum Gasteiger partial charge on any atom is 0.263 e. The fourth-order valence-corrected chi connectivity index (χ4v) is 4.40. The highest BCUT2D eigenvalue weighted by molar-refractivity contribution is 7.12. The first-order chi connectivity index (χ1) is 12.7. The molecular weight excluding hydrogens is 348 g/mol. The van der Waals surface area contributed by atoms with E-state index in [2.05, 4.69) is 5.32 Å². The number of rotatable bonds is 3. The molecule has 1 aromatic carbocycles. The second-order valence-corrected chi connectivity index (χ2v) is 7.75. The molecule has 2 atom stereocenters. The zero-order valence-electron chi connectivity index (χ0n) is 14.5. The molecule has 0 saturated carbocycles. The molecule has 1 saturated heterocycles. The summed E-state index contributed by atoms with van der Waals surface area (Å²) < 4.78 is 5.67. The van der Waals surface area contributed by atoms with Gasteiger partial charge in [-0.1, -0.05) is 24.3 Å². The third-order valence-corrected chi connectivity index (χ3v) is 5.94. The molecule has 0 bridgehead atoms. The number of likely N-dealkylation sites (tertiary alicyclic amines) is 1. The van der Waals surface area contributed by atoms with Gasteiger partial charge in [-0.05, 0) is 30.4 Å². The SMILES string of the molecule is O=C(NC1CCOc2ccccc21)C1CCCN(C(=O)c2cccs2)C1. The standard InChI is InChI=1S/C20H22N2O3S/c23-19(21-16-9-11-25-17-7-2-1-6-15(16)17)14-5-3-10-22(13-14)20(24)18-8-4-12-26-18/h1-2,4,6-8,12,14,16H,3,5,9-11,13H2,(H,21,23). The van der Waals surface area contributed by atoms with E-state index < -0.39 is 0 Å². The Bertz CT molecular complexity index is 790. The van der Waals surface area contributed by atoms with Crippen molar-refractivity contribution in [2.24, 2.45) is 5.92 Å². The van der Waals surface area contributed by atoms with E-state index in [-0.39, 0.29) is 23.8 Å². The Morgan fingerprint density at radius 2 is 2.04 bits per heavy atom. The van der Waals surface area contributed by atoms with Crippen LogP contribution in [0.1, 0.15) is 40.5 Å². The van der Waals surface area contributed by atoms with E-state index in [4.69, 9.17) is 4.74 Å². The second-order valence-electron chi connectivity index (χ2n) is 6.80. The Kier molecular flexibility index (Phi) is 4.93. The van der Waals surface area contributed by atoms with Crippen molar-refractivity contribution >= 4 is 23.2 Å². The molecule has 5 nitrogen and oxygen atoms in total. The molecule has 4 rings (SSSR count). The van der Waals surface area contributed by atoms with Crippen LogP contribution in [0.2, 0.25) is 0 Å². The fourth-order valence-electron chi connectivity index (χ4n) is 3.71. The van der Waals surface area contributed by atoms with Gasteiger partial charge in [-0.3, -0.25) is 9.59 Å². The molecule has 2 amide bonds. The van der Waals surface area contributed by atoms with Crippen molar-refractivity contribution in [1.29, 1.82) is 0 Å². The minimum atomic E-state index is -0.150. The highest BCUT2D eigenvalue weighted by Crippen LogP contribution is 2.32. The average Bonchev–Trinajstić information content (AvgIpc) is 3.22. The third-order valence-electron chi connectivity index (χ3n) is 5.09. The number of hydrogen-bond acceptors (Lipinski definition) is 4. The molecule has 6 heteroatoms. The van der Waals surface area contributed by atoms with E-state index in [1.807, 2.05) is 46.7 Å². The van der Waals surface area contributed by atoms with Gasteiger partial charge in [0.05, 0.1) is 23.4 Å². The maximum atomic E-state index is 12.8. The van der Waals surface area contributed by atoms with Crippen molar-refractivity contribution in [2.75, 3.05) is 19.7 Å². The van der Waals surface area contributed by atoms with Crippen LogP contribution in [-0.2, 0) is 4.79 Å². The van der Waals surface area contributed by atoms with Crippen molar-refractivity contribution in [1.82, 2.24) is 10.2 Å². The largest absolute Gasteiger partial charge is 0.493 e. The average molecular weight is 370 g/mol. The number of nitrogens with one attached hydrogen (secondary N) is 1. The summed E-state index contributed by atoms with van der Waals surface area (Å²) in [5.41, 5.74) is 1.04. The topological polar surface area (TPSA) is 58.6 Å². The smallest absolute Gasteiger partial charge is 0.263 e. The first-order valence-electron chi connectivity index (χ1n) is 9.07. The summed E-state index contributed by atoms with van der Waals surface area (Å²) in [6.45, 7) is 1.82. The van der Waals surface area contributed by atoms with Gasteiger partial charge in [0.25, 0.3) is 5.91 Å². The summed E-state index contributed by atoms with van der Waals surface area (Å²) in [7, 11) is 0. The molecule has 0 aliphatic carbocycles. The number of piperidine rings is 1. The number of carbonyl (C=O) groups is 2. The van der Waals surface area contributed by atoms with Gasteiger partial charge < -0.3 is 15.0 Å². The summed E-state index contributed by atoms with van der Waals surface area (Å²) in [5.74, 6) is 0.772. The van der Waals surface area contributed by atoms with E-state index >= 15 is 0 Å². The molecule has 0 radical (unpaired) electrons. The molecule has 0 spiro atoms. The predicted molar refractivity (Wildman–Crippen MR) is 100 cm³/mol. The van der Waals surface area contributed by atoms with Crippen LogP contribution >= 0.6 is 11.3 Å². The van der Waals surface area contributed by atoms with Gasteiger partial charge in [0.2, 0.25) is 5.91 Å². The molecule has 26 heavy (non-hydrogen) atoms. The molecule has 1 fully saturated rings. The molecule has 2 aliphatic heterocycles. The molecular formula is C20H22N2O3S. The Labute approximate surface area is 157 Å². The van der Waals surface area contributed by atoms with Crippen molar-refractivity contribution in [3.63, 3.8) is 0 Å². The van der Waals surface area contributed by atoms with Crippen LogP contribution in [0.15, 0.2) is 41.8 Å². The molecule has 2 aliphatic rings. The predicted octanol–water partition coefficient (Wildman–Crippen LogP) is 3.24. The van der Waals surface area contributed by atoms with Gasteiger partial charge in [-0.2, -0.15) is 0 Å². The maximum absolute atomic E-state index is 12.8. The molecule has 3 heterocycles.